The Hall–Kier alpha value is -3.07. The molecule has 9 nitrogen and oxygen atoms in total. The van der Waals surface area contributed by atoms with E-state index < -0.39 is 11.2 Å². The molecule has 0 spiro atoms. The molecule has 0 atom stereocenters. The Bertz CT molecular complexity index is 1200. The van der Waals surface area contributed by atoms with Crippen molar-refractivity contribution in [3.05, 3.63) is 55.7 Å². The molecule has 0 unspecified atom stereocenters. The quantitative estimate of drug-likeness (QED) is 0.670. The fourth-order valence-corrected chi connectivity index (χ4v) is 3.89. The number of nitrogens with zero attached hydrogens (tertiary/aromatic N) is 5. The fraction of sp³-hybridized carbons (Fsp3) is 0.400. The minimum Gasteiger partial charge on any atom is -0.339 e. The first-order valence-electron chi connectivity index (χ1n) is 9.85. The summed E-state index contributed by atoms with van der Waals surface area (Å²) in [5, 5.41) is 0.631. The maximum atomic E-state index is 12.7. The van der Waals surface area contributed by atoms with Gasteiger partial charge in [-0.15, -0.1) is 0 Å². The first-order valence-corrected chi connectivity index (χ1v) is 10.2. The molecule has 10 heteroatoms. The van der Waals surface area contributed by atoms with E-state index in [9.17, 15) is 14.4 Å². The molecule has 2 aromatic heterocycles. The van der Waals surface area contributed by atoms with Gasteiger partial charge in [0.25, 0.3) is 5.56 Å². The van der Waals surface area contributed by atoms with E-state index in [1.54, 1.807) is 19.2 Å². The Balaban J connectivity index is 1.78. The van der Waals surface area contributed by atoms with Crippen molar-refractivity contribution in [2.24, 2.45) is 7.05 Å². The number of anilines is 1. The number of amides is 1. The van der Waals surface area contributed by atoms with E-state index in [4.69, 9.17) is 11.6 Å². The van der Waals surface area contributed by atoms with Crippen molar-refractivity contribution in [1.29, 1.82) is 0 Å². The third kappa shape index (κ3) is 3.60. The van der Waals surface area contributed by atoms with Crippen molar-refractivity contribution in [3.63, 3.8) is 0 Å². The van der Waals surface area contributed by atoms with Gasteiger partial charge in [-0.2, -0.15) is 4.98 Å². The van der Waals surface area contributed by atoms with Gasteiger partial charge in [-0.25, -0.2) is 4.79 Å². The number of H-pyrrole nitrogens is 1. The van der Waals surface area contributed by atoms with Gasteiger partial charge in [-0.3, -0.25) is 23.7 Å². The van der Waals surface area contributed by atoms with Crippen LogP contribution in [0, 0.1) is 0 Å². The zero-order valence-electron chi connectivity index (χ0n) is 16.9. The molecule has 1 N–H and O–H groups in total. The number of rotatable bonds is 4. The summed E-state index contributed by atoms with van der Waals surface area (Å²) in [6, 6.07) is 7.38. The van der Waals surface area contributed by atoms with Gasteiger partial charge in [0.05, 0.1) is 6.54 Å². The number of carbonyl (C=O) groups excluding carboxylic acids is 1. The molecule has 1 aliphatic heterocycles. The molecule has 3 aromatic rings. The maximum Gasteiger partial charge on any atom is 0.329 e. The number of aromatic amines is 1. The first kappa shape index (κ1) is 20.2. The average Bonchev–Trinajstić information content (AvgIpc) is 3.13. The number of hydrogen-bond acceptors (Lipinski definition) is 5. The minimum absolute atomic E-state index is 0.128. The molecule has 1 aromatic carbocycles. The lowest BCUT2D eigenvalue weighted by Gasteiger charge is -2.35. The Kier molecular flexibility index (Phi) is 5.38. The van der Waals surface area contributed by atoms with Crippen LogP contribution in [0.3, 0.4) is 0 Å². The van der Waals surface area contributed by atoms with Crippen molar-refractivity contribution >= 4 is 34.6 Å². The number of carbonyl (C=O) groups is 1. The SMILES string of the molecule is CCC(=O)N1CCN(c2nc3c(c(=O)[nH]c(=O)n3C)n2Cc2ccc(Cl)cc2)CC1. The second-order valence-electron chi connectivity index (χ2n) is 7.34. The number of piperazine rings is 1. The maximum absolute atomic E-state index is 12.7. The van der Waals surface area contributed by atoms with Crippen LogP contribution in [0.25, 0.3) is 11.2 Å². The van der Waals surface area contributed by atoms with E-state index in [1.165, 1.54) is 4.57 Å². The van der Waals surface area contributed by atoms with Gasteiger partial charge >= 0.3 is 5.69 Å². The van der Waals surface area contributed by atoms with E-state index in [-0.39, 0.29) is 5.91 Å². The highest BCUT2D eigenvalue weighted by Crippen LogP contribution is 2.23. The number of fused-ring (bicyclic) bond motifs is 1. The minimum atomic E-state index is -0.506. The zero-order valence-corrected chi connectivity index (χ0v) is 17.6. The molecule has 0 bridgehead atoms. The first-order chi connectivity index (χ1) is 14.4. The molecule has 1 fully saturated rings. The lowest BCUT2D eigenvalue weighted by molar-refractivity contribution is -0.131. The Morgan fingerprint density at radius 2 is 1.80 bits per heavy atom. The van der Waals surface area contributed by atoms with Gasteiger partial charge in [0, 0.05) is 44.7 Å². The van der Waals surface area contributed by atoms with Gasteiger partial charge < -0.3 is 9.80 Å². The Morgan fingerprint density at radius 1 is 1.13 bits per heavy atom. The molecule has 1 aliphatic rings. The van der Waals surface area contributed by atoms with Crippen LogP contribution in [0.1, 0.15) is 18.9 Å². The third-order valence-corrected chi connectivity index (χ3v) is 5.71. The fourth-order valence-electron chi connectivity index (χ4n) is 3.77. The van der Waals surface area contributed by atoms with Gasteiger partial charge in [0.15, 0.2) is 11.2 Å². The van der Waals surface area contributed by atoms with Gasteiger partial charge in [-0.1, -0.05) is 30.7 Å². The topological polar surface area (TPSA) is 96.2 Å². The van der Waals surface area contributed by atoms with Crippen molar-refractivity contribution in [3.8, 4) is 0 Å². The van der Waals surface area contributed by atoms with Crippen molar-refractivity contribution in [2.45, 2.75) is 19.9 Å². The molecule has 4 rings (SSSR count). The number of imidazole rings is 1. The highest BCUT2D eigenvalue weighted by Gasteiger charge is 2.26. The van der Waals surface area contributed by atoms with Gasteiger partial charge in [0.2, 0.25) is 11.9 Å². The smallest absolute Gasteiger partial charge is 0.329 e. The number of halogens is 1. The second kappa shape index (κ2) is 7.98. The van der Waals surface area contributed by atoms with Crippen LogP contribution in [0.15, 0.2) is 33.9 Å². The predicted molar refractivity (Wildman–Crippen MR) is 115 cm³/mol. The molecule has 158 valence electrons. The molecule has 1 saturated heterocycles. The van der Waals surface area contributed by atoms with E-state index in [1.807, 2.05) is 28.5 Å². The van der Waals surface area contributed by atoms with Crippen LogP contribution in [0.5, 0.6) is 0 Å². The van der Waals surface area contributed by atoms with Gasteiger partial charge in [0.1, 0.15) is 0 Å². The summed E-state index contributed by atoms with van der Waals surface area (Å²) in [6.07, 6.45) is 0.479. The molecular formula is C20H23ClN6O3. The monoisotopic (exact) mass is 430 g/mol. The van der Waals surface area contributed by atoms with Crippen molar-refractivity contribution < 1.29 is 4.79 Å². The standard InChI is InChI=1S/C20H23ClN6O3/c1-3-15(28)25-8-10-26(11-9-25)19-22-17-16(18(29)23-20(30)24(17)2)27(19)12-13-4-6-14(21)7-5-13/h4-7H,3,8-12H2,1-2H3,(H,23,29,30). The second-order valence-corrected chi connectivity index (χ2v) is 7.77. The summed E-state index contributed by atoms with van der Waals surface area (Å²) in [7, 11) is 1.59. The highest BCUT2D eigenvalue weighted by molar-refractivity contribution is 6.30. The van der Waals surface area contributed by atoms with Crippen LogP contribution in [-0.4, -0.2) is 56.1 Å². The third-order valence-electron chi connectivity index (χ3n) is 5.46. The summed E-state index contributed by atoms with van der Waals surface area (Å²) in [5.41, 5.74) is 0.649. The van der Waals surface area contributed by atoms with Crippen LogP contribution >= 0.6 is 11.6 Å². The summed E-state index contributed by atoms with van der Waals surface area (Å²) >= 11 is 6.00. The average molecular weight is 431 g/mol. The highest BCUT2D eigenvalue weighted by atomic mass is 35.5. The molecule has 3 heterocycles. The number of aryl methyl sites for hydroxylation is 1. The normalized spacial score (nSPS) is 14.5. The van der Waals surface area contributed by atoms with Crippen molar-refractivity contribution in [1.82, 2.24) is 24.0 Å². The number of hydrogen-bond donors (Lipinski definition) is 1. The number of benzene rings is 1. The lowest BCUT2D eigenvalue weighted by Crippen LogP contribution is -2.49. The zero-order chi connectivity index (χ0) is 21.4. The Labute approximate surface area is 177 Å². The molecular weight excluding hydrogens is 408 g/mol. The van der Waals surface area contributed by atoms with Crippen molar-refractivity contribution in [2.75, 3.05) is 31.1 Å². The van der Waals surface area contributed by atoms with Crippen LogP contribution in [0.4, 0.5) is 5.95 Å². The molecule has 30 heavy (non-hydrogen) atoms. The number of nitrogens with one attached hydrogen (secondary N) is 1. The molecule has 0 radical (unpaired) electrons. The van der Waals surface area contributed by atoms with E-state index in [0.29, 0.717) is 61.3 Å². The largest absolute Gasteiger partial charge is 0.339 e. The van der Waals surface area contributed by atoms with E-state index >= 15 is 0 Å². The van der Waals surface area contributed by atoms with E-state index in [0.717, 1.165) is 5.56 Å². The lowest BCUT2D eigenvalue weighted by atomic mass is 10.2. The molecule has 1 amide bonds. The predicted octanol–water partition coefficient (Wildman–Crippen LogP) is 1.18. The Morgan fingerprint density at radius 3 is 2.43 bits per heavy atom. The summed E-state index contributed by atoms with van der Waals surface area (Å²) in [6.45, 7) is 4.63. The summed E-state index contributed by atoms with van der Waals surface area (Å²) in [4.78, 5) is 47.7. The van der Waals surface area contributed by atoms with E-state index in [2.05, 4.69) is 14.9 Å². The van der Waals surface area contributed by atoms with Crippen LogP contribution in [0.2, 0.25) is 5.02 Å². The molecule has 0 aliphatic carbocycles. The van der Waals surface area contributed by atoms with Gasteiger partial charge in [-0.05, 0) is 17.7 Å². The van der Waals surface area contributed by atoms with Crippen LogP contribution in [-0.2, 0) is 18.4 Å². The summed E-state index contributed by atoms with van der Waals surface area (Å²) in [5.74, 6) is 0.735. The summed E-state index contributed by atoms with van der Waals surface area (Å²) < 4.78 is 3.17. The molecule has 0 saturated carbocycles. The number of aromatic nitrogens is 4. The van der Waals surface area contributed by atoms with Crippen LogP contribution < -0.4 is 16.1 Å².